The van der Waals surface area contributed by atoms with Crippen molar-refractivity contribution in [2.75, 3.05) is 13.6 Å². The third-order valence-electron chi connectivity index (χ3n) is 3.36. The summed E-state index contributed by atoms with van der Waals surface area (Å²) in [6.45, 7) is 9.24. The maximum Gasteiger partial charge on any atom is 0.242 e. The highest BCUT2D eigenvalue weighted by Crippen LogP contribution is 2.29. The predicted molar refractivity (Wildman–Crippen MR) is 67.3 cm³/mol. The number of hydrogen-bond donors (Lipinski definition) is 1. The molecule has 0 heterocycles. The number of likely N-dealkylation sites (N-methyl/N-ethyl adjacent to an activating group) is 1. The van der Waals surface area contributed by atoms with E-state index in [4.69, 9.17) is 0 Å². The third-order valence-corrected chi connectivity index (χ3v) is 3.36. The van der Waals surface area contributed by atoms with Gasteiger partial charge in [-0.15, -0.1) is 0 Å². The molecule has 0 aliphatic heterocycles. The van der Waals surface area contributed by atoms with Crippen LogP contribution in [0.5, 0.6) is 0 Å². The van der Waals surface area contributed by atoms with Crippen LogP contribution >= 0.6 is 0 Å². The first-order chi connectivity index (χ1) is 7.38. The molecule has 0 aromatic rings. The van der Waals surface area contributed by atoms with E-state index in [0.717, 1.165) is 13.0 Å². The Labute approximate surface area is 99.6 Å². The Kier molecular flexibility index (Phi) is 4.36. The average molecular weight is 226 g/mol. The summed E-state index contributed by atoms with van der Waals surface area (Å²) in [5.41, 5.74) is -0.431. The van der Waals surface area contributed by atoms with E-state index in [1.807, 2.05) is 20.9 Å². The van der Waals surface area contributed by atoms with Gasteiger partial charge in [-0.25, -0.2) is 0 Å². The van der Waals surface area contributed by atoms with E-state index in [1.54, 1.807) is 0 Å². The first-order valence-corrected chi connectivity index (χ1v) is 6.38. The lowest BCUT2D eigenvalue weighted by Crippen LogP contribution is -2.53. The number of hydrogen-bond acceptors (Lipinski definition) is 2. The molecule has 1 N–H and O–H groups in total. The highest BCUT2D eigenvalue weighted by molar-refractivity contribution is 5.86. The fourth-order valence-electron chi connectivity index (χ4n) is 1.70. The van der Waals surface area contributed by atoms with Crippen LogP contribution in [0.1, 0.15) is 47.0 Å². The zero-order valence-corrected chi connectivity index (χ0v) is 11.3. The molecule has 1 saturated carbocycles. The van der Waals surface area contributed by atoms with Gasteiger partial charge in [0.15, 0.2) is 0 Å². The van der Waals surface area contributed by atoms with Gasteiger partial charge in [0.05, 0.1) is 5.54 Å². The fraction of sp³-hybridized carbons (Fsp3) is 0.923. The quantitative estimate of drug-likeness (QED) is 0.751. The molecule has 3 heteroatoms. The van der Waals surface area contributed by atoms with Crippen LogP contribution in [-0.4, -0.2) is 36.0 Å². The molecule has 0 atom stereocenters. The number of carbonyl (C=O) groups excluding carboxylic acids is 1. The summed E-state index contributed by atoms with van der Waals surface area (Å²) in [6.07, 6.45) is 3.47. The topological polar surface area (TPSA) is 32.3 Å². The Hall–Kier alpha value is -0.570. The van der Waals surface area contributed by atoms with Gasteiger partial charge in [-0.3, -0.25) is 4.79 Å². The van der Waals surface area contributed by atoms with Crippen LogP contribution < -0.4 is 5.32 Å². The van der Waals surface area contributed by atoms with Gasteiger partial charge in [-0.05, 0) is 46.1 Å². The van der Waals surface area contributed by atoms with E-state index in [9.17, 15) is 4.79 Å². The summed E-state index contributed by atoms with van der Waals surface area (Å²) in [4.78, 5) is 14.4. The summed E-state index contributed by atoms with van der Waals surface area (Å²) in [5, 5.41) is 3.10. The van der Waals surface area contributed by atoms with Crippen LogP contribution in [0.25, 0.3) is 0 Å². The first kappa shape index (κ1) is 13.5. The van der Waals surface area contributed by atoms with Gasteiger partial charge in [0.25, 0.3) is 0 Å². The van der Waals surface area contributed by atoms with Gasteiger partial charge >= 0.3 is 0 Å². The monoisotopic (exact) mass is 226 g/mol. The molecule has 0 saturated heterocycles. The van der Waals surface area contributed by atoms with E-state index in [2.05, 4.69) is 24.1 Å². The number of carbonyl (C=O) groups is 1. The van der Waals surface area contributed by atoms with Crippen LogP contribution in [0.15, 0.2) is 0 Å². The molecule has 16 heavy (non-hydrogen) atoms. The van der Waals surface area contributed by atoms with Crippen LogP contribution in [0.2, 0.25) is 0 Å². The summed E-state index contributed by atoms with van der Waals surface area (Å²) < 4.78 is 0. The normalized spacial score (nSPS) is 16.6. The molecule has 0 spiro atoms. The molecule has 1 aliphatic carbocycles. The van der Waals surface area contributed by atoms with Gasteiger partial charge in [-0.1, -0.05) is 13.8 Å². The first-order valence-electron chi connectivity index (χ1n) is 6.38. The third kappa shape index (κ3) is 3.48. The Balaban J connectivity index is 2.59. The van der Waals surface area contributed by atoms with Crippen molar-refractivity contribution in [3.05, 3.63) is 0 Å². The number of rotatable bonds is 6. The van der Waals surface area contributed by atoms with Crippen LogP contribution in [0, 0.1) is 5.92 Å². The van der Waals surface area contributed by atoms with Crippen molar-refractivity contribution in [2.45, 2.75) is 58.5 Å². The molecule has 1 rings (SSSR count). The smallest absolute Gasteiger partial charge is 0.242 e. The molecule has 3 nitrogen and oxygen atoms in total. The molecule has 0 aromatic heterocycles. The van der Waals surface area contributed by atoms with Crippen molar-refractivity contribution in [1.29, 1.82) is 0 Å². The number of nitrogens with zero attached hydrogens (tertiary/aromatic N) is 1. The zero-order chi connectivity index (χ0) is 12.3. The lowest BCUT2D eigenvalue weighted by atomic mass is 10.0. The van der Waals surface area contributed by atoms with E-state index >= 15 is 0 Å². The van der Waals surface area contributed by atoms with Crippen molar-refractivity contribution in [1.82, 2.24) is 10.2 Å². The van der Waals surface area contributed by atoms with Gasteiger partial charge in [0.2, 0.25) is 5.91 Å². The molecule has 1 aliphatic rings. The average Bonchev–Trinajstić information content (AvgIpc) is 3.01. The summed E-state index contributed by atoms with van der Waals surface area (Å²) >= 11 is 0. The van der Waals surface area contributed by atoms with E-state index in [1.165, 1.54) is 12.8 Å². The Morgan fingerprint density at radius 3 is 2.38 bits per heavy atom. The zero-order valence-electron chi connectivity index (χ0n) is 11.3. The molecular formula is C13H26N2O. The van der Waals surface area contributed by atoms with Gasteiger partial charge in [0.1, 0.15) is 0 Å². The lowest BCUT2D eigenvalue weighted by Gasteiger charge is -2.32. The second kappa shape index (κ2) is 5.17. The Morgan fingerprint density at radius 2 is 2.00 bits per heavy atom. The van der Waals surface area contributed by atoms with Crippen LogP contribution in [0.4, 0.5) is 0 Å². The second-order valence-electron chi connectivity index (χ2n) is 5.79. The fourth-order valence-corrected chi connectivity index (χ4v) is 1.70. The van der Waals surface area contributed by atoms with Crippen molar-refractivity contribution in [3.63, 3.8) is 0 Å². The largest absolute Gasteiger partial charge is 0.338 e. The summed E-state index contributed by atoms with van der Waals surface area (Å²) in [5.74, 6) is 0.907. The molecule has 1 fully saturated rings. The maximum atomic E-state index is 12.4. The molecule has 0 radical (unpaired) electrons. The minimum absolute atomic E-state index is 0.248. The Morgan fingerprint density at radius 1 is 1.44 bits per heavy atom. The van der Waals surface area contributed by atoms with Crippen LogP contribution in [-0.2, 0) is 4.79 Å². The van der Waals surface area contributed by atoms with E-state index in [-0.39, 0.29) is 5.91 Å². The van der Waals surface area contributed by atoms with Gasteiger partial charge < -0.3 is 10.2 Å². The van der Waals surface area contributed by atoms with Crippen molar-refractivity contribution >= 4 is 5.91 Å². The summed E-state index contributed by atoms with van der Waals surface area (Å²) in [6, 6.07) is 0.513. The lowest BCUT2D eigenvalue weighted by molar-refractivity contribution is -0.137. The van der Waals surface area contributed by atoms with Crippen molar-refractivity contribution < 1.29 is 4.79 Å². The number of amides is 1. The van der Waals surface area contributed by atoms with Gasteiger partial charge in [-0.2, -0.15) is 0 Å². The van der Waals surface area contributed by atoms with Crippen LogP contribution in [0.3, 0.4) is 0 Å². The van der Waals surface area contributed by atoms with Crippen molar-refractivity contribution in [3.8, 4) is 0 Å². The standard InChI is InChI=1S/C13H26N2O/c1-10(2)8-9-15(11-6-7-11)12(16)13(3,4)14-5/h10-11,14H,6-9H2,1-5H3. The summed E-state index contributed by atoms with van der Waals surface area (Å²) in [7, 11) is 1.85. The minimum atomic E-state index is -0.431. The molecule has 94 valence electrons. The van der Waals surface area contributed by atoms with E-state index in [0.29, 0.717) is 12.0 Å². The second-order valence-corrected chi connectivity index (χ2v) is 5.79. The Bertz CT molecular complexity index is 244. The molecule has 0 bridgehead atoms. The highest BCUT2D eigenvalue weighted by atomic mass is 16.2. The van der Waals surface area contributed by atoms with Gasteiger partial charge in [0, 0.05) is 12.6 Å². The molecule has 0 aromatic carbocycles. The predicted octanol–water partition coefficient (Wildman–Crippen LogP) is 2.02. The van der Waals surface area contributed by atoms with Crippen molar-refractivity contribution in [2.24, 2.45) is 5.92 Å². The minimum Gasteiger partial charge on any atom is -0.338 e. The van der Waals surface area contributed by atoms with E-state index < -0.39 is 5.54 Å². The highest BCUT2D eigenvalue weighted by Gasteiger charge is 2.38. The molecule has 1 amide bonds. The maximum absolute atomic E-state index is 12.4. The SMILES string of the molecule is CNC(C)(C)C(=O)N(CCC(C)C)C1CC1. The number of nitrogens with one attached hydrogen (secondary N) is 1. The molecule has 0 unspecified atom stereocenters. The molecular weight excluding hydrogens is 200 g/mol.